The monoisotopic (exact) mass is 515 g/mol. The van der Waals surface area contributed by atoms with Crippen LogP contribution in [0.5, 0.6) is 0 Å². The van der Waals surface area contributed by atoms with Crippen LogP contribution in [-0.2, 0) is 14.9 Å². The third-order valence-corrected chi connectivity index (χ3v) is 11.7. The Bertz CT molecular complexity index is 896. The Balaban J connectivity index is 1.43. The normalized spacial score (nSPS) is 46.3. The number of carbonyl (C=O) groups is 1. The van der Waals surface area contributed by atoms with Crippen LogP contribution < -0.4 is 5.32 Å². The Morgan fingerprint density at radius 3 is 2.46 bits per heavy atom. The summed E-state index contributed by atoms with van der Waals surface area (Å²) in [5, 5.41) is 35.8. The summed E-state index contributed by atoms with van der Waals surface area (Å²) in [6.45, 7) is 6.56. The lowest BCUT2D eigenvalue weighted by Crippen LogP contribution is -2.62. The first-order chi connectivity index (χ1) is 16.3. The summed E-state index contributed by atoms with van der Waals surface area (Å²) in [5.41, 5.74) is -0.254. The summed E-state index contributed by atoms with van der Waals surface area (Å²) in [7, 11) is -4.10. The molecule has 0 aliphatic heterocycles. The smallest absolute Gasteiger partial charge is 0.266 e. The zero-order valence-electron chi connectivity index (χ0n) is 21.4. The fourth-order valence-electron chi connectivity index (χ4n) is 9.10. The van der Waals surface area contributed by atoms with Crippen LogP contribution in [0, 0.1) is 46.3 Å². The molecule has 35 heavy (non-hydrogen) atoms. The van der Waals surface area contributed by atoms with E-state index in [1.54, 1.807) is 0 Å². The van der Waals surface area contributed by atoms with E-state index in [1.165, 1.54) is 0 Å². The van der Waals surface area contributed by atoms with Gasteiger partial charge in [0.05, 0.1) is 24.1 Å². The predicted molar refractivity (Wildman–Crippen MR) is 132 cm³/mol. The topological polar surface area (TPSA) is 144 Å². The van der Waals surface area contributed by atoms with Gasteiger partial charge in [-0.05, 0) is 97.7 Å². The van der Waals surface area contributed by atoms with E-state index in [9.17, 15) is 28.5 Å². The van der Waals surface area contributed by atoms with Crippen molar-refractivity contribution in [1.82, 2.24) is 5.32 Å². The van der Waals surface area contributed by atoms with Gasteiger partial charge in [0.1, 0.15) is 0 Å². The zero-order chi connectivity index (χ0) is 25.8. The van der Waals surface area contributed by atoms with E-state index < -0.39 is 28.1 Å². The number of amides is 1. The summed E-state index contributed by atoms with van der Waals surface area (Å²) in [5.74, 6) is 0.705. The molecule has 4 saturated carbocycles. The van der Waals surface area contributed by atoms with Gasteiger partial charge in [-0.2, -0.15) is 8.42 Å². The van der Waals surface area contributed by atoms with Crippen molar-refractivity contribution in [3.63, 3.8) is 0 Å². The van der Waals surface area contributed by atoms with Gasteiger partial charge < -0.3 is 20.6 Å². The average Bonchev–Trinajstić information content (AvgIpc) is 3.12. The van der Waals surface area contributed by atoms with Crippen molar-refractivity contribution < 1.29 is 33.1 Å². The molecule has 0 aromatic carbocycles. The van der Waals surface area contributed by atoms with E-state index in [0.717, 1.165) is 38.5 Å². The molecule has 0 radical (unpaired) electrons. The summed E-state index contributed by atoms with van der Waals surface area (Å²) in [4.78, 5) is 12.2. The second-order valence-electron chi connectivity index (χ2n) is 12.7. The molecule has 11 atom stereocenters. The number of rotatable bonds is 7. The fraction of sp³-hybridized carbons (Fsp3) is 0.962. The van der Waals surface area contributed by atoms with Crippen LogP contribution in [0.2, 0.25) is 0 Å². The second-order valence-corrected chi connectivity index (χ2v) is 14.2. The predicted octanol–water partition coefficient (Wildman–Crippen LogP) is 2.37. The highest BCUT2D eigenvalue weighted by Crippen LogP contribution is 2.68. The number of hydrogen-bond donors (Lipinski definition) is 5. The number of aliphatic hydroxyl groups excluding tert-OH is 3. The average molecular weight is 516 g/mol. The molecule has 4 aliphatic carbocycles. The fourth-order valence-corrected chi connectivity index (χ4v) is 9.46. The quantitative estimate of drug-likeness (QED) is 0.327. The molecule has 0 heterocycles. The molecule has 202 valence electrons. The Kier molecular flexibility index (Phi) is 7.69. The van der Waals surface area contributed by atoms with E-state index in [0.29, 0.717) is 18.8 Å². The third kappa shape index (κ3) is 5.05. The lowest BCUT2D eigenvalue weighted by atomic mass is 9.43. The van der Waals surface area contributed by atoms with Crippen molar-refractivity contribution in [2.24, 2.45) is 46.3 Å². The maximum atomic E-state index is 12.2. The highest BCUT2D eigenvalue weighted by atomic mass is 32.2. The van der Waals surface area contributed by atoms with Crippen LogP contribution in [0.4, 0.5) is 0 Å². The van der Waals surface area contributed by atoms with Crippen molar-refractivity contribution >= 4 is 16.0 Å². The molecule has 4 aliphatic rings. The van der Waals surface area contributed by atoms with E-state index in [2.05, 4.69) is 26.1 Å². The van der Waals surface area contributed by atoms with Crippen LogP contribution in [-0.4, -0.2) is 64.8 Å². The van der Waals surface area contributed by atoms with Gasteiger partial charge in [-0.15, -0.1) is 0 Å². The van der Waals surface area contributed by atoms with Crippen molar-refractivity contribution in [3.05, 3.63) is 0 Å². The van der Waals surface area contributed by atoms with Gasteiger partial charge in [0, 0.05) is 13.0 Å². The van der Waals surface area contributed by atoms with Gasteiger partial charge in [-0.3, -0.25) is 9.35 Å². The Morgan fingerprint density at radius 1 is 1.06 bits per heavy atom. The number of fused-ring (bicyclic) bond motifs is 5. The Labute approximate surface area is 210 Å². The third-order valence-electron chi connectivity index (χ3n) is 11.0. The van der Waals surface area contributed by atoms with Gasteiger partial charge in [0.2, 0.25) is 5.91 Å². The summed E-state index contributed by atoms with van der Waals surface area (Å²) in [6.07, 6.45) is 5.67. The van der Waals surface area contributed by atoms with Crippen molar-refractivity contribution in [3.8, 4) is 0 Å². The van der Waals surface area contributed by atoms with Gasteiger partial charge in [0.25, 0.3) is 10.1 Å². The van der Waals surface area contributed by atoms with E-state index in [1.807, 2.05) is 0 Å². The first-order valence-electron chi connectivity index (χ1n) is 13.5. The largest absolute Gasteiger partial charge is 0.393 e. The first kappa shape index (κ1) is 27.3. The molecule has 0 bridgehead atoms. The number of nitrogens with one attached hydrogen (secondary N) is 1. The minimum Gasteiger partial charge on any atom is -0.393 e. The molecule has 9 heteroatoms. The second kappa shape index (κ2) is 9.86. The zero-order valence-corrected chi connectivity index (χ0v) is 22.2. The highest BCUT2D eigenvalue weighted by molar-refractivity contribution is 7.85. The maximum absolute atomic E-state index is 12.2. The van der Waals surface area contributed by atoms with E-state index in [-0.39, 0.29) is 65.4 Å². The number of aliphatic hydroxyl groups is 3. The van der Waals surface area contributed by atoms with Gasteiger partial charge in [0.15, 0.2) is 0 Å². The lowest BCUT2D eigenvalue weighted by molar-refractivity contribution is -0.207. The lowest BCUT2D eigenvalue weighted by Gasteiger charge is -2.63. The van der Waals surface area contributed by atoms with Crippen LogP contribution >= 0.6 is 0 Å². The first-order valence-corrected chi connectivity index (χ1v) is 15.1. The number of hydrogen-bond acceptors (Lipinski definition) is 6. The number of carbonyl (C=O) groups excluding carboxylic acids is 1. The summed E-state index contributed by atoms with van der Waals surface area (Å²) >= 11 is 0. The molecule has 4 fully saturated rings. The Morgan fingerprint density at radius 2 is 1.77 bits per heavy atom. The van der Waals surface area contributed by atoms with Gasteiger partial charge in [-0.25, -0.2) is 0 Å². The van der Waals surface area contributed by atoms with Crippen molar-refractivity contribution in [1.29, 1.82) is 0 Å². The van der Waals surface area contributed by atoms with Gasteiger partial charge in [-0.1, -0.05) is 20.8 Å². The van der Waals surface area contributed by atoms with Crippen LogP contribution in [0.1, 0.15) is 78.6 Å². The van der Waals surface area contributed by atoms with Crippen LogP contribution in [0.3, 0.4) is 0 Å². The molecule has 8 nitrogen and oxygen atoms in total. The molecule has 0 aromatic heterocycles. The summed E-state index contributed by atoms with van der Waals surface area (Å²) in [6, 6.07) is 0. The maximum Gasteiger partial charge on any atom is 0.266 e. The molecular formula is C26H45NO7S. The summed E-state index contributed by atoms with van der Waals surface area (Å²) < 4.78 is 30.5. The van der Waals surface area contributed by atoms with Crippen molar-refractivity contribution in [2.45, 2.75) is 96.9 Å². The molecule has 5 N–H and O–H groups in total. The Hall–Kier alpha value is -0.740. The molecule has 4 rings (SSSR count). The SMILES string of the molecule is C[C@H](CCC(=O)NCCS(=O)(=O)O)[C@H]1CC[C@H]2[C@@H]3[C@H](O)C[C@H]4C[C@@H](O)CC[C@]4(C)[C@H]3C[C@H](O)[C@]12C. The van der Waals surface area contributed by atoms with E-state index >= 15 is 0 Å². The van der Waals surface area contributed by atoms with E-state index in [4.69, 9.17) is 4.55 Å². The molecule has 0 unspecified atom stereocenters. The molecule has 0 spiro atoms. The minimum absolute atomic E-state index is 0.0509. The molecule has 0 aromatic rings. The molecule has 0 saturated heterocycles. The molecular weight excluding hydrogens is 470 g/mol. The van der Waals surface area contributed by atoms with Crippen molar-refractivity contribution in [2.75, 3.05) is 12.3 Å². The standard InChI is InChI=1S/C26H45NO7S/c1-15(4-7-23(31)27-10-11-35(32,33)34)18-5-6-19-24-20(14-22(30)26(18,19)3)25(2)9-8-17(28)12-16(25)13-21(24)29/h15-22,24,28-30H,4-14H2,1-3H3,(H,27,31)(H,32,33,34)/t15-,16-,17+,18-,19+,20+,21-,22+,24+,25+,26-/m1/s1. The van der Waals surface area contributed by atoms with Crippen LogP contribution in [0.15, 0.2) is 0 Å². The minimum atomic E-state index is -4.10. The van der Waals surface area contributed by atoms with Crippen LogP contribution in [0.25, 0.3) is 0 Å². The highest BCUT2D eigenvalue weighted by Gasteiger charge is 2.65. The molecule has 1 amide bonds. The van der Waals surface area contributed by atoms with Gasteiger partial charge >= 0.3 is 0 Å².